The first-order valence-corrected chi connectivity index (χ1v) is 5.58. The van der Waals surface area contributed by atoms with E-state index in [2.05, 4.69) is 0 Å². The van der Waals surface area contributed by atoms with Crippen LogP contribution in [0.3, 0.4) is 0 Å². The van der Waals surface area contributed by atoms with Gasteiger partial charge in [0.25, 0.3) is 0 Å². The SMILES string of the molecule is Br.CC1(C(=O)O)c2ccccc2-c2ccccc21. The Morgan fingerprint density at radius 2 is 1.33 bits per heavy atom. The van der Waals surface area contributed by atoms with E-state index in [9.17, 15) is 9.90 Å². The number of aliphatic carboxylic acids is 1. The molecule has 0 saturated heterocycles. The van der Waals surface area contributed by atoms with Crippen molar-refractivity contribution in [1.29, 1.82) is 0 Å². The second-order valence-electron chi connectivity index (χ2n) is 4.52. The molecule has 3 heteroatoms. The normalized spacial score (nSPS) is 14.3. The van der Waals surface area contributed by atoms with Crippen LogP contribution in [0, 0.1) is 0 Å². The number of hydrogen-bond acceptors (Lipinski definition) is 1. The Hall–Kier alpha value is -1.61. The fourth-order valence-corrected chi connectivity index (χ4v) is 2.68. The van der Waals surface area contributed by atoms with E-state index < -0.39 is 11.4 Å². The van der Waals surface area contributed by atoms with Crippen LogP contribution in [-0.2, 0) is 10.2 Å². The molecule has 3 rings (SSSR count). The van der Waals surface area contributed by atoms with Crippen molar-refractivity contribution in [1.82, 2.24) is 0 Å². The van der Waals surface area contributed by atoms with Crippen LogP contribution in [0.5, 0.6) is 0 Å². The molecule has 0 spiro atoms. The largest absolute Gasteiger partial charge is 0.480 e. The van der Waals surface area contributed by atoms with Gasteiger partial charge in [-0.1, -0.05) is 48.5 Å². The molecule has 1 aliphatic rings. The van der Waals surface area contributed by atoms with E-state index in [0.717, 1.165) is 22.3 Å². The molecule has 0 saturated carbocycles. The average Bonchev–Trinajstić information content (AvgIpc) is 2.63. The maximum absolute atomic E-state index is 11.6. The summed E-state index contributed by atoms with van der Waals surface area (Å²) in [5.74, 6) is -0.796. The number of carbonyl (C=O) groups is 1. The van der Waals surface area contributed by atoms with Gasteiger partial charge in [0.05, 0.1) is 0 Å². The van der Waals surface area contributed by atoms with Gasteiger partial charge in [0, 0.05) is 0 Å². The molecule has 0 bridgehead atoms. The summed E-state index contributed by atoms with van der Waals surface area (Å²) in [6.07, 6.45) is 0. The van der Waals surface area contributed by atoms with Gasteiger partial charge in [-0.2, -0.15) is 0 Å². The number of rotatable bonds is 1. The Morgan fingerprint density at radius 1 is 0.944 bits per heavy atom. The van der Waals surface area contributed by atoms with Crippen molar-refractivity contribution < 1.29 is 9.90 Å². The van der Waals surface area contributed by atoms with Crippen LogP contribution in [0.1, 0.15) is 18.1 Å². The molecule has 1 N–H and O–H groups in total. The van der Waals surface area contributed by atoms with Gasteiger partial charge in [-0.3, -0.25) is 4.79 Å². The molecule has 0 aliphatic heterocycles. The highest BCUT2D eigenvalue weighted by Crippen LogP contribution is 2.48. The first kappa shape index (κ1) is 12.8. The van der Waals surface area contributed by atoms with Gasteiger partial charge in [0.1, 0.15) is 5.41 Å². The Balaban J connectivity index is 0.00000120. The van der Waals surface area contributed by atoms with Gasteiger partial charge >= 0.3 is 5.97 Å². The molecule has 2 aromatic rings. The van der Waals surface area contributed by atoms with E-state index in [1.54, 1.807) is 6.92 Å². The average molecular weight is 305 g/mol. The molecule has 0 amide bonds. The molecule has 0 aromatic heterocycles. The van der Waals surface area contributed by atoms with Gasteiger partial charge in [-0.15, -0.1) is 17.0 Å². The minimum Gasteiger partial charge on any atom is -0.480 e. The molecule has 0 fully saturated rings. The Labute approximate surface area is 116 Å². The number of benzene rings is 2. The second-order valence-corrected chi connectivity index (χ2v) is 4.52. The van der Waals surface area contributed by atoms with E-state index in [1.807, 2.05) is 48.5 Å². The Bertz CT molecular complexity index is 574. The minimum absolute atomic E-state index is 0. The number of hydrogen-bond donors (Lipinski definition) is 1. The first-order valence-electron chi connectivity index (χ1n) is 5.58. The van der Waals surface area contributed by atoms with Crippen LogP contribution in [0.2, 0.25) is 0 Å². The zero-order chi connectivity index (χ0) is 12.0. The van der Waals surface area contributed by atoms with Gasteiger partial charge in [0.2, 0.25) is 0 Å². The number of halogens is 1. The zero-order valence-corrected chi connectivity index (χ0v) is 11.6. The van der Waals surface area contributed by atoms with Crippen molar-refractivity contribution in [3.05, 3.63) is 59.7 Å². The number of carboxylic acids is 1. The van der Waals surface area contributed by atoms with Crippen LogP contribution in [0.15, 0.2) is 48.5 Å². The zero-order valence-electron chi connectivity index (χ0n) is 9.88. The monoisotopic (exact) mass is 304 g/mol. The fourth-order valence-electron chi connectivity index (χ4n) is 2.68. The Morgan fingerprint density at radius 3 is 1.72 bits per heavy atom. The van der Waals surface area contributed by atoms with Crippen LogP contribution in [-0.4, -0.2) is 11.1 Å². The standard InChI is InChI=1S/C15H12O2.BrH/c1-15(14(16)17)12-8-4-2-6-10(12)11-7-3-5-9-13(11)15;/h2-9H,1H3,(H,16,17);1H. The van der Waals surface area contributed by atoms with Crippen molar-refractivity contribution in [2.24, 2.45) is 0 Å². The molecule has 0 radical (unpaired) electrons. The van der Waals surface area contributed by atoms with E-state index >= 15 is 0 Å². The van der Waals surface area contributed by atoms with Crippen LogP contribution < -0.4 is 0 Å². The minimum atomic E-state index is -0.923. The lowest BCUT2D eigenvalue weighted by Crippen LogP contribution is -2.31. The van der Waals surface area contributed by atoms with Crippen LogP contribution in [0.4, 0.5) is 0 Å². The summed E-state index contributed by atoms with van der Waals surface area (Å²) in [7, 11) is 0. The van der Waals surface area contributed by atoms with Crippen molar-refractivity contribution in [2.75, 3.05) is 0 Å². The predicted octanol–water partition coefficient (Wildman–Crippen LogP) is 3.64. The van der Waals surface area contributed by atoms with Gasteiger partial charge < -0.3 is 5.11 Å². The summed E-state index contributed by atoms with van der Waals surface area (Å²) in [5.41, 5.74) is 2.91. The summed E-state index contributed by atoms with van der Waals surface area (Å²) in [6.45, 7) is 1.78. The highest BCUT2D eigenvalue weighted by atomic mass is 79.9. The summed E-state index contributed by atoms with van der Waals surface area (Å²) >= 11 is 0. The lowest BCUT2D eigenvalue weighted by atomic mass is 9.80. The molecule has 92 valence electrons. The van der Waals surface area contributed by atoms with E-state index in [1.165, 1.54) is 0 Å². The molecule has 0 atom stereocenters. The van der Waals surface area contributed by atoms with Crippen LogP contribution >= 0.6 is 17.0 Å². The third kappa shape index (κ3) is 1.44. The molecule has 2 aromatic carbocycles. The summed E-state index contributed by atoms with van der Waals surface area (Å²) in [5, 5.41) is 9.57. The maximum Gasteiger partial charge on any atom is 0.318 e. The van der Waals surface area contributed by atoms with Crippen molar-refractivity contribution in [3.63, 3.8) is 0 Å². The highest BCUT2D eigenvalue weighted by molar-refractivity contribution is 8.93. The summed E-state index contributed by atoms with van der Waals surface area (Å²) in [6, 6.07) is 15.5. The van der Waals surface area contributed by atoms with Crippen molar-refractivity contribution in [3.8, 4) is 11.1 Å². The van der Waals surface area contributed by atoms with Gasteiger partial charge in [-0.05, 0) is 29.2 Å². The van der Waals surface area contributed by atoms with E-state index in [4.69, 9.17) is 0 Å². The highest BCUT2D eigenvalue weighted by Gasteiger charge is 2.45. The molecular weight excluding hydrogens is 292 g/mol. The lowest BCUT2D eigenvalue weighted by molar-refractivity contribution is -0.141. The third-order valence-electron chi connectivity index (χ3n) is 3.65. The topological polar surface area (TPSA) is 37.3 Å². The molecular formula is C15H13BrO2. The molecule has 2 nitrogen and oxygen atoms in total. The first-order chi connectivity index (χ1) is 8.15. The predicted molar refractivity (Wildman–Crippen MR) is 76.3 cm³/mol. The fraction of sp³-hybridized carbons (Fsp3) is 0.133. The summed E-state index contributed by atoms with van der Waals surface area (Å²) < 4.78 is 0. The quantitative estimate of drug-likeness (QED) is 0.873. The van der Waals surface area contributed by atoms with Crippen molar-refractivity contribution in [2.45, 2.75) is 12.3 Å². The van der Waals surface area contributed by atoms with Crippen LogP contribution in [0.25, 0.3) is 11.1 Å². The third-order valence-corrected chi connectivity index (χ3v) is 3.65. The molecule has 0 heterocycles. The van der Waals surface area contributed by atoms with Gasteiger partial charge in [0.15, 0.2) is 0 Å². The number of fused-ring (bicyclic) bond motifs is 3. The van der Waals surface area contributed by atoms with E-state index in [0.29, 0.717) is 0 Å². The molecule has 1 aliphatic carbocycles. The second kappa shape index (κ2) is 4.25. The molecule has 0 unspecified atom stereocenters. The van der Waals surface area contributed by atoms with E-state index in [-0.39, 0.29) is 17.0 Å². The number of carboxylic acid groups (broad SMARTS) is 1. The smallest absolute Gasteiger partial charge is 0.318 e. The maximum atomic E-state index is 11.6. The summed E-state index contributed by atoms with van der Waals surface area (Å²) in [4.78, 5) is 11.6. The molecule has 18 heavy (non-hydrogen) atoms. The van der Waals surface area contributed by atoms with Crippen molar-refractivity contribution >= 4 is 23.0 Å². The van der Waals surface area contributed by atoms with Gasteiger partial charge in [-0.25, -0.2) is 0 Å². The Kier molecular flexibility index (Phi) is 3.03. The lowest BCUT2D eigenvalue weighted by Gasteiger charge is -2.21.